The summed E-state index contributed by atoms with van der Waals surface area (Å²) in [5.74, 6) is 1.67. The van der Waals surface area contributed by atoms with Crippen LogP contribution in [0.25, 0.3) is 0 Å². The minimum atomic E-state index is 0.422. The minimum absolute atomic E-state index is 0.422. The number of hydrogen-bond donors (Lipinski definition) is 1. The Morgan fingerprint density at radius 3 is 2.10 bits per heavy atom. The molecule has 21 heavy (non-hydrogen) atoms. The van der Waals surface area contributed by atoms with Gasteiger partial charge in [0, 0.05) is 6.04 Å². The molecule has 1 aromatic rings. The van der Waals surface area contributed by atoms with Gasteiger partial charge in [-0.05, 0) is 53.8 Å². The Morgan fingerprint density at radius 2 is 1.67 bits per heavy atom. The van der Waals surface area contributed by atoms with Crippen LogP contribution in [0.1, 0.15) is 46.6 Å². The third kappa shape index (κ3) is 3.11. The molecular weight excluding hydrogens is 258 g/mol. The van der Waals surface area contributed by atoms with Gasteiger partial charge in [0.05, 0.1) is 7.11 Å². The first-order valence-corrected chi connectivity index (χ1v) is 8.21. The lowest BCUT2D eigenvalue weighted by Crippen LogP contribution is -2.36. The van der Waals surface area contributed by atoms with Gasteiger partial charge in [-0.15, -0.1) is 0 Å². The Kier molecular flexibility index (Phi) is 4.67. The van der Waals surface area contributed by atoms with Crippen LogP contribution in [-0.4, -0.2) is 19.7 Å². The zero-order valence-corrected chi connectivity index (χ0v) is 14.5. The van der Waals surface area contributed by atoms with Gasteiger partial charge in [-0.25, -0.2) is 0 Å². The van der Waals surface area contributed by atoms with E-state index in [9.17, 15) is 0 Å². The van der Waals surface area contributed by atoms with Crippen LogP contribution in [0, 0.1) is 16.7 Å². The van der Waals surface area contributed by atoms with Crippen LogP contribution in [0.15, 0.2) is 24.3 Å². The molecule has 1 unspecified atom stereocenters. The smallest absolute Gasteiger partial charge is 0.118 e. The second-order valence-corrected chi connectivity index (χ2v) is 7.53. The van der Waals surface area contributed by atoms with Gasteiger partial charge in [0.15, 0.2) is 0 Å². The molecule has 0 radical (unpaired) electrons. The zero-order chi connectivity index (χ0) is 15.7. The Hall–Kier alpha value is -1.02. The van der Waals surface area contributed by atoms with Gasteiger partial charge in [-0.1, -0.05) is 46.8 Å². The van der Waals surface area contributed by atoms with E-state index in [1.54, 1.807) is 7.11 Å². The molecule has 1 atom stereocenters. The molecule has 0 spiro atoms. The van der Waals surface area contributed by atoms with Crippen LogP contribution in [0.5, 0.6) is 5.75 Å². The van der Waals surface area contributed by atoms with Crippen molar-refractivity contribution in [3.8, 4) is 5.75 Å². The van der Waals surface area contributed by atoms with Crippen molar-refractivity contribution in [1.82, 2.24) is 5.32 Å². The maximum atomic E-state index is 5.25. The number of rotatable bonds is 7. The first kappa shape index (κ1) is 16.4. The van der Waals surface area contributed by atoms with Crippen molar-refractivity contribution in [3.63, 3.8) is 0 Å². The highest BCUT2D eigenvalue weighted by molar-refractivity contribution is 5.29. The van der Waals surface area contributed by atoms with E-state index in [1.807, 2.05) is 0 Å². The maximum Gasteiger partial charge on any atom is 0.118 e. The monoisotopic (exact) mass is 289 g/mol. The van der Waals surface area contributed by atoms with Gasteiger partial charge < -0.3 is 10.1 Å². The van der Waals surface area contributed by atoms with Crippen molar-refractivity contribution < 1.29 is 4.74 Å². The largest absolute Gasteiger partial charge is 0.497 e. The van der Waals surface area contributed by atoms with E-state index >= 15 is 0 Å². The van der Waals surface area contributed by atoms with E-state index in [0.717, 1.165) is 24.6 Å². The molecule has 1 aliphatic rings. The van der Waals surface area contributed by atoms with Crippen LogP contribution in [0.2, 0.25) is 0 Å². The predicted octanol–water partition coefficient (Wildman–Crippen LogP) is 4.29. The summed E-state index contributed by atoms with van der Waals surface area (Å²) in [4.78, 5) is 0. The number of nitrogens with one attached hydrogen (secondary N) is 1. The van der Waals surface area contributed by atoms with Crippen molar-refractivity contribution in [2.45, 2.75) is 53.5 Å². The lowest BCUT2D eigenvalue weighted by atomic mass is 9.96. The van der Waals surface area contributed by atoms with Gasteiger partial charge in [0.2, 0.25) is 0 Å². The molecule has 2 nitrogen and oxygen atoms in total. The molecule has 1 aromatic carbocycles. The number of benzene rings is 1. The molecule has 2 heteroatoms. The highest BCUT2D eigenvalue weighted by Crippen LogP contribution is 2.69. The maximum absolute atomic E-state index is 5.25. The molecule has 2 rings (SSSR count). The van der Waals surface area contributed by atoms with Crippen LogP contribution in [-0.2, 0) is 6.42 Å². The van der Waals surface area contributed by atoms with Gasteiger partial charge in [0.1, 0.15) is 5.75 Å². The molecule has 118 valence electrons. The van der Waals surface area contributed by atoms with E-state index < -0.39 is 0 Å². The van der Waals surface area contributed by atoms with Gasteiger partial charge in [-0.3, -0.25) is 0 Å². The molecular formula is C19H31NO. The summed E-state index contributed by atoms with van der Waals surface area (Å²) >= 11 is 0. The predicted molar refractivity (Wildman–Crippen MR) is 89.8 cm³/mol. The molecule has 0 bridgehead atoms. The van der Waals surface area contributed by atoms with Crippen molar-refractivity contribution in [2.75, 3.05) is 13.7 Å². The molecule has 1 saturated carbocycles. The molecule has 0 saturated heterocycles. The van der Waals surface area contributed by atoms with Gasteiger partial charge in [-0.2, -0.15) is 0 Å². The minimum Gasteiger partial charge on any atom is -0.497 e. The fourth-order valence-electron chi connectivity index (χ4n) is 3.91. The quantitative estimate of drug-likeness (QED) is 0.808. The topological polar surface area (TPSA) is 21.3 Å². The summed E-state index contributed by atoms with van der Waals surface area (Å²) in [7, 11) is 1.72. The molecule has 0 aromatic heterocycles. The summed E-state index contributed by atoms with van der Waals surface area (Å²) in [6.07, 6.45) is 2.29. The van der Waals surface area contributed by atoms with Crippen LogP contribution >= 0.6 is 0 Å². The molecule has 0 heterocycles. The SMILES string of the molecule is CCCNC(Cc1ccc(OC)cc1)C1C(C)(C)C1(C)C. The van der Waals surface area contributed by atoms with Crippen LogP contribution < -0.4 is 10.1 Å². The zero-order valence-electron chi connectivity index (χ0n) is 14.5. The molecule has 1 N–H and O–H groups in total. The number of hydrogen-bond acceptors (Lipinski definition) is 2. The van der Waals surface area contributed by atoms with E-state index in [0.29, 0.717) is 16.9 Å². The molecule has 1 aliphatic carbocycles. The van der Waals surface area contributed by atoms with Crippen molar-refractivity contribution in [2.24, 2.45) is 16.7 Å². The first-order valence-electron chi connectivity index (χ1n) is 8.21. The van der Waals surface area contributed by atoms with E-state index in [4.69, 9.17) is 4.74 Å². The van der Waals surface area contributed by atoms with Crippen molar-refractivity contribution >= 4 is 0 Å². The Balaban J connectivity index is 2.10. The van der Waals surface area contributed by atoms with Gasteiger partial charge >= 0.3 is 0 Å². The second-order valence-electron chi connectivity index (χ2n) is 7.53. The normalized spacial score (nSPS) is 21.0. The summed E-state index contributed by atoms with van der Waals surface area (Å²) in [5, 5.41) is 3.79. The fourth-order valence-corrected chi connectivity index (χ4v) is 3.91. The standard InChI is InChI=1S/C19H31NO/c1-7-12-20-16(17-18(2,3)19(17,4)5)13-14-8-10-15(21-6)11-9-14/h8-11,16-17,20H,7,12-13H2,1-6H3. The van der Waals surface area contributed by atoms with Crippen molar-refractivity contribution in [3.05, 3.63) is 29.8 Å². The van der Waals surface area contributed by atoms with E-state index in [1.165, 1.54) is 12.0 Å². The van der Waals surface area contributed by atoms with E-state index in [2.05, 4.69) is 64.2 Å². The van der Waals surface area contributed by atoms with Crippen LogP contribution in [0.3, 0.4) is 0 Å². The molecule has 1 fully saturated rings. The van der Waals surface area contributed by atoms with E-state index in [-0.39, 0.29) is 0 Å². The Morgan fingerprint density at radius 1 is 1.10 bits per heavy atom. The molecule has 0 amide bonds. The Bertz CT molecular complexity index is 447. The van der Waals surface area contributed by atoms with Crippen molar-refractivity contribution in [1.29, 1.82) is 0 Å². The average Bonchev–Trinajstić information content (AvgIpc) is 2.86. The highest BCUT2D eigenvalue weighted by Gasteiger charge is 2.66. The number of ether oxygens (including phenoxy) is 1. The third-order valence-corrected chi connectivity index (χ3v) is 5.81. The average molecular weight is 289 g/mol. The molecule has 0 aliphatic heterocycles. The summed E-state index contributed by atoms with van der Waals surface area (Å²) in [6, 6.07) is 9.08. The fraction of sp³-hybridized carbons (Fsp3) is 0.684. The Labute approximate surface area is 130 Å². The summed E-state index contributed by atoms with van der Waals surface area (Å²) in [5.41, 5.74) is 2.23. The highest BCUT2D eigenvalue weighted by atomic mass is 16.5. The lowest BCUT2D eigenvalue weighted by Gasteiger charge is -2.21. The second kappa shape index (κ2) is 6.00. The van der Waals surface area contributed by atoms with Crippen LogP contribution in [0.4, 0.5) is 0 Å². The lowest BCUT2D eigenvalue weighted by molar-refractivity contribution is 0.394. The summed E-state index contributed by atoms with van der Waals surface area (Å²) < 4.78 is 5.25. The summed E-state index contributed by atoms with van der Waals surface area (Å²) in [6.45, 7) is 13.0. The van der Waals surface area contributed by atoms with Gasteiger partial charge in [0.25, 0.3) is 0 Å². The third-order valence-electron chi connectivity index (χ3n) is 5.81. The number of methoxy groups -OCH3 is 1. The first-order chi connectivity index (χ1) is 9.84.